The first-order valence-corrected chi connectivity index (χ1v) is 10.2. The van der Waals surface area contributed by atoms with Gasteiger partial charge in [-0.3, -0.25) is 9.78 Å². The molecule has 0 fully saturated rings. The van der Waals surface area contributed by atoms with Crippen LogP contribution in [0.2, 0.25) is 0 Å². The molecule has 0 bridgehead atoms. The molecule has 0 aliphatic rings. The Morgan fingerprint density at radius 3 is 2.69 bits per heavy atom. The van der Waals surface area contributed by atoms with Gasteiger partial charge in [-0.1, -0.05) is 18.2 Å². The van der Waals surface area contributed by atoms with E-state index in [0.717, 1.165) is 5.39 Å². The quantitative estimate of drug-likeness (QED) is 0.272. The van der Waals surface area contributed by atoms with Crippen molar-refractivity contribution in [3.05, 3.63) is 58.7 Å². The molecule has 2 aromatic carbocycles. The molecule has 1 N–H and O–H groups in total. The second-order valence-corrected chi connectivity index (χ2v) is 7.17. The number of hydrazone groups is 1. The summed E-state index contributed by atoms with van der Waals surface area (Å²) in [7, 11) is 2.74. The van der Waals surface area contributed by atoms with E-state index in [0.29, 0.717) is 32.8 Å². The first-order chi connectivity index (χ1) is 15.5. The van der Waals surface area contributed by atoms with E-state index in [2.05, 4.69) is 36.2 Å². The molecule has 0 radical (unpaired) electrons. The van der Waals surface area contributed by atoms with Crippen molar-refractivity contribution in [1.29, 1.82) is 0 Å². The van der Waals surface area contributed by atoms with Gasteiger partial charge in [-0.15, -0.1) is 0 Å². The zero-order valence-electron chi connectivity index (χ0n) is 17.3. The molecule has 0 saturated carbocycles. The topological polar surface area (TPSA) is 108 Å². The number of para-hydroxylation sites is 1. The summed E-state index contributed by atoms with van der Waals surface area (Å²) >= 11 is 3.37. The summed E-state index contributed by atoms with van der Waals surface area (Å²) in [5.74, 6) is 0.282. The molecule has 166 valence electrons. The lowest BCUT2D eigenvalue weighted by atomic mass is 10.2. The average Bonchev–Trinajstić information content (AvgIpc) is 2.81. The van der Waals surface area contributed by atoms with Gasteiger partial charge in [0, 0.05) is 11.6 Å². The lowest BCUT2D eigenvalue weighted by Gasteiger charge is -2.12. The monoisotopic (exact) mass is 501 g/mol. The maximum Gasteiger partial charge on any atom is 0.343 e. The van der Waals surface area contributed by atoms with E-state index in [-0.39, 0.29) is 13.2 Å². The lowest BCUT2D eigenvalue weighted by Crippen LogP contribution is -2.24. The number of esters is 1. The van der Waals surface area contributed by atoms with Gasteiger partial charge in [0.25, 0.3) is 5.91 Å². The Morgan fingerprint density at radius 1 is 1.09 bits per heavy atom. The second-order valence-electron chi connectivity index (χ2n) is 6.31. The summed E-state index contributed by atoms with van der Waals surface area (Å²) in [6.07, 6.45) is 3.10. The number of nitrogens with zero attached hydrogens (tertiary/aromatic N) is 2. The summed E-state index contributed by atoms with van der Waals surface area (Å²) in [4.78, 5) is 27.7. The molecule has 1 amide bonds. The van der Waals surface area contributed by atoms with Crippen molar-refractivity contribution in [1.82, 2.24) is 10.4 Å². The SMILES string of the molecule is COC(=O)COc1c(Br)cc(/C=N/NC(=O)COc2cccc3cccnc23)cc1OC. The van der Waals surface area contributed by atoms with Crippen molar-refractivity contribution in [2.24, 2.45) is 5.10 Å². The predicted octanol–water partition coefficient (Wildman–Crippen LogP) is 3.09. The van der Waals surface area contributed by atoms with Gasteiger partial charge in [-0.25, -0.2) is 10.2 Å². The van der Waals surface area contributed by atoms with Crippen LogP contribution in [-0.2, 0) is 14.3 Å². The Balaban J connectivity index is 1.59. The fourth-order valence-electron chi connectivity index (χ4n) is 2.69. The van der Waals surface area contributed by atoms with Crippen LogP contribution < -0.4 is 19.6 Å². The fraction of sp³-hybridized carbons (Fsp3) is 0.182. The second kappa shape index (κ2) is 11.1. The number of carbonyl (C=O) groups excluding carboxylic acids is 2. The number of halogens is 1. The molecule has 32 heavy (non-hydrogen) atoms. The fourth-order valence-corrected chi connectivity index (χ4v) is 3.27. The molecule has 3 aromatic rings. The van der Waals surface area contributed by atoms with Crippen LogP contribution in [-0.4, -0.2) is 50.5 Å². The minimum absolute atomic E-state index is 0.222. The van der Waals surface area contributed by atoms with Crippen LogP contribution >= 0.6 is 15.9 Å². The van der Waals surface area contributed by atoms with Crippen LogP contribution in [0.4, 0.5) is 0 Å². The van der Waals surface area contributed by atoms with E-state index in [4.69, 9.17) is 14.2 Å². The summed E-state index contributed by atoms with van der Waals surface area (Å²) in [6.45, 7) is -0.485. The van der Waals surface area contributed by atoms with Gasteiger partial charge in [0.15, 0.2) is 24.7 Å². The number of pyridine rings is 1. The number of methoxy groups -OCH3 is 2. The molecule has 0 spiro atoms. The van der Waals surface area contributed by atoms with Crippen LogP contribution in [0.25, 0.3) is 10.9 Å². The number of benzene rings is 2. The largest absolute Gasteiger partial charge is 0.493 e. The van der Waals surface area contributed by atoms with Crippen LogP contribution in [0.3, 0.4) is 0 Å². The van der Waals surface area contributed by atoms with Crippen molar-refractivity contribution in [2.75, 3.05) is 27.4 Å². The minimum Gasteiger partial charge on any atom is -0.493 e. The van der Waals surface area contributed by atoms with Crippen LogP contribution in [0.5, 0.6) is 17.2 Å². The third-order valence-electron chi connectivity index (χ3n) is 4.17. The Morgan fingerprint density at radius 2 is 1.91 bits per heavy atom. The Hall–Kier alpha value is -3.66. The third-order valence-corrected chi connectivity index (χ3v) is 4.76. The predicted molar refractivity (Wildman–Crippen MR) is 121 cm³/mol. The van der Waals surface area contributed by atoms with Gasteiger partial charge >= 0.3 is 5.97 Å². The highest BCUT2D eigenvalue weighted by molar-refractivity contribution is 9.10. The summed E-state index contributed by atoms with van der Waals surface area (Å²) < 4.78 is 21.4. The number of aromatic nitrogens is 1. The molecule has 0 aliphatic heterocycles. The van der Waals surface area contributed by atoms with E-state index in [9.17, 15) is 9.59 Å². The van der Waals surface area contributed by atoms with E-state index in [1.165, 1.54) is 20.4 Å². The normalized spacial score (nSPS) is 10.7. The first-order valence-electron chi connectivity index (χ1n) is 9.37. The summed E-state index contributed by atoms with van der Waals surface area (Å²) in [5, 5.41) is 4.86. The van der Waals surface area contributed by atoms with E-state index < -0.39 is 11.9 Å². The Labute approximate surface area is 192 Å². The number of ether oxygens (including phenoxy) is 4. The molecular weight excluding hydrogens is 482 g/mol. The molecule has 3 rings (SSSR count). The van der Waals surface area contributed by atoms with Gasteiger partial charge in [-0.05, 0) is 45.8 Å². The van der Waals surface area contributed by atoms with Gasteiger partial charge in [0.1, 0.15) is 11.3 Å². The number of hydrogen-bond donors (Lipinski definition) is 1. The van der Waals surface area contributed by atoms with E-state index in [1.807, 2.05) is 24.3 Å². The maximum absolute atomic E-state index is 12.1. The third kappa shape index (κ3) is 5.94. The van der Waals surface area contributed by atoms with Gasteiger partial charge in [0.05, 0.1) is 24.9 Å². The maximum atomic E-state index is 12.1. The standard InChI is InChI=1S/C22H20BrN3O6/c1-29-18-10-14(9-16(23)22(18)32-13-20(28)30-2)11-25-26-19(27)12-31-17-7-3-5-15-6-4-8-24-21(15)17/h3-11H,12-13H2,1-2H3,(H,26,27)/b25-11+. The highest BCUT2D eigenvalue weighted by Gasteiger charge is 2.13. The van der Waals surface area contributed by atoms with Crippen molar-refractivity contribution in [3.8, 4) is 17.2 Å². The number of fused-ring (bicyclic) bond motifs is 1. The first kappa shape index (κ1) is 23.0. The number of rotatable bonds is 9. The molecular formula is C22H20BrN3O6. The number of amides is 1. The van der Waals surface area contributed by atoms with E-state index >= 15 is 0 Å². The molecule has 10 heteroatoms. The Bertz CT molecular complexity index is 1150. The van der Waals surface area contributed by atoms with Crippen LogP contribution in [0, 0.1) is 0 Å². The molecule has 9 nitrogen and oxygen atoms in total. The summed E-state index contributed by atoms with van der Waals surface area (Å²) in [6, 6.07) is 12.6. The van der Waals surface area contributed by atoms with Crippen LogP contribution in [0.1, 0.15) is 5.56 Å². The molecule has 1 heterocycles. The zero-order chi connectivity index (χ0) is 22.9. The van der Waals surface area contributed by atoms with Crippen molar-refractivity contribution in [2.45, 2.75) is 0 Å². The molecule has 0 unspecified atom stereocenters. The molecule has 0 aliphatic carbocycles. The van der Waals surface area contributed by atoms with Crippen molar-refractivity contribution in [3.63, 3.8) is 0 Å². The highest BCUT2D eigenvalue weighted by Crippen LogP contribution is 2.36. The van der Waals surface area contributed by atoms with E-state index in [1.54, 1.807) is 24.4 Å². The average molecular weight is 502 g/mol. The summed E-state index contributed by atoms with van der Waals surface area (Å²) in [5.41, 5.74) is 3.71. The molecule has 1 aromatic heterocycles. The molecule has 0 saturated heterocycles. The van der Waals surface area contributed by atoms with Gasteiger partial charge in [0.2, 0.25) is 0 Å². The van der Waals surface area contributed by atoms with Gasteiger partial charge < -0.3 is 18.9 Å². The number of hydrogen-bond acceptors (Lipinski definition) is 8. The smallest absolute Gasteiger partial charge is 0.343 e. The van der Waals surface area contributed by atoms with Gasteiger partial charge in [-0.2, -0.15) is 5.10 Å². The number of carbonyl (C=O) groups is 2. The van der Waals surface area contributed by atoms with Crippen molar-refractivity contribution < 1.29 is 28.5 Å². The molecule has 0 atom stereocenters. The lowest BCUT2D eigenvalue weighted by molar-refractivity contribution is -0.143. The van der Waals surface area contributed by atoms with Crippen LogP contribution in [0.15, 0.2) is 58.2 Å². The highest BCUT2D eigenvalue weighted by atomic mass is 79.9. The zero-order valence-corrected chi connectivity index (χ0v) is 18.9. The van der Waals surface area contributed by atoms with Crippen molar-refractivity contribution >= 4 is 44.9 Å². The Kier molecular flexibility index (Phi) is 7.98. The minimum atomic E-state index is -0.520. The number of nitrogens with one attached hydrogen (secondary N) is 1.